The number of carboxylic acid groups (broad SMARTS) is 1. The highest BCUT2D eigenvalue weighted by atomic mass is 19.1. The molecule has 45 heavy (non-hydrogen) atoms. The summed E-state index contributed by atoms with van der Waals surface area (Å²) in [4.78, 5) is 30.7. The number of nitrogens with one attached hydrogen (secondary N) is 1. The summed E-state index contributed by atoms with van der Waals surface area (Å²) in [6, 6.07) is 9.22. The van der Waals surface area contributed by atoms with E-state index in [0.717, 1.165) is 5.56 Å². The summed E-state index contributed by atoms with van der Waals surface area (Å²) in [5, 5.41) is 18.3. The number of hydrogen-bond donors (Lipinski definition) is 2. The van der Waals surface area contributed by atoms with Crippen molar-refractivity contribution >= 4 is 28.3 Å². The molecule has 0 bridgehead atoms. The molecule has 1 atom stereocenters. The monoisotopic (exact) mass is 614 g/mol. The largest absolute Gasteiger partial charge is 0.489 e. The molecule has 1 aliphatic rings. The van der Waals surface area contributed by atoms with Gasteiger partial charge in [0.25, 0.3) is 5.91 Å². The summed E-state index contributed by atoms with van der Waals surface area (Å²) in [5.74, 6) is -2.59. The lowest BCUT2D eigenvalue weighted by atomic mass is 9.89. The number of fused-ring (bicyclic) bond motifs is 1. The van der Waals surface area contributed by atoms with Crippen molar-refractivity contribution < 1.29 is 33.0 Å². The minimum absolute atomic E-state index is 0.0507. The summed E-state index contributed by atoms with van der Waals surface area (Å²) < 4.78 is 42.8. The molecule has 0 unspecified atom stereocenters. The van der Waals surface area contributed by atoms with E-state index in [1.165, 1.54) is 22.7 Å². The Hall–Kier alpha value is -4.90. The first-order valence-corrected chi connectivity index (χ1v) is 14.5. The number of benzene rings is 2. The molecule has 5 aromatic rings. The van der Waals surface area contributed by atoms with E-state index in [1.807, 2.05) is 6.07 Å². The Morgan fingerprint density at radius 2 is 1.89 bits per heavy atom. The maximum atomic E-state index is 15.8. The van der Waals surface area contributed by atoms with Crippen LogP contribution in [-0.4, -0.2) is 43.8 Å². The van der Waals surface area contributed by atoms with Crippen LogP contribution in [-0.2, 0) is 22.5 Å². The Balaban J connectivity index is 1.57. The van der Waals surface area contributed by atoms with E-state index >= 15 is 4.39 Å². The van der Waals surface area contributed by atoms with Gasteiger partial charge in [-0.1, -0.05) is 12.1 Å². The van der Waals surface area contributed by atoms with Crippen LogP contribution in [0, 0.1) is 25.5 Å². The molecule has 11 heteroatoms. The van der Waals surface area contributed by atoms with Crippen LogP contribution < -0.4 is 10.1 Å². The van der Waals surface area contributed by atoms with Gasteiger partial charge in [0.2, 0.25) is 0 Å². The molecule has 1 aliphatic heterocycles. The fourth-order valence-corrected chi connectivity index (χ4v) is 5.82. The van der Waals surface area contributed by atoms with Gasteiger partial charge >= 0.3 is 5.97 Å². The number of aliphatic carboxylic acids is 1. The SMILES string of the molecule is Cc1cc(CNC(=O)c2cc3c(-c4cc(F)c5c6c(ccnc46)CCO5)c([C@H](OC(C)(C)C)C(=O)O)c(C)cn3n2)ccc1F. The molecule has 0 fully saturated rings. The number of carboxylic acids is 1. The van der Waals surface area contributed by atoms with Gasteiger partial charge in [-0.25, -0.2) is 18.1 Å². The normalized spacial score (nSPS) is 13.6. The molecule has 1 amide bonds. The number of nitrogens with zero attached hydrogens (tertiary/aromatic N) is 3. The first-order valence-electron chi connectivity index (χ1n) is 14.5. The number of ether oxygens (including phenoxy) is 2. The van der Waals surface area contributed by atoms with Gasteiger partial charge in [-0.3, -0.25) is 9.78 Å². The second-order valence-corrected chi connectivity index (χ2v) is 12.2. The molecule has 0 saturated carbocycles. The fraction of sp³-hybridized carbons (Fsp3) is 0.294. The zero-order valence-corrected chi connectivity index (χ0v) is 25.5. The lowest BCUT2D eigenvalue weighted by molar-refractivity contribution is -0.160. The van der Waals surface area contributed by atoms with E-state index in [1.54, 1.807) is 59.1 Å². The van der Waals surface area contributed by atoms with E-state index in [4.69, 9.17) is 9.47 Å². The second kappa shape index (κ2) is 11.2. The lowest BCUT2D eigenvalue weighted by Crippen LogP contribution is -2.28. The zero-order valence-electron chi connectivity index (χ0n) is 25.5. The molecule has 3 aromatic heterocycles. The van der Waals surface area contributed by atoms with Gasteiger partial charge in [0.05, 0.1) is 23.2 Å². The highest BCUT2D eigenvalue weighted by Gasteiger charge is 2.34. The van der Waals surface area contributed by atoms with Crippen molar-refractivity contribution in [3.63, 3.8) is 0 Å². The predicted molar refractivity (Wildman–Crippen MR) is 163 cm³/mol. The van der Waals surface area contributed by atoms with Gasteiger partial charge in [-0.15, -0.1) is 0 Å². The third kappa shape index (κ3) is 5.59. The summed E-state index contributed by atoms with van der Waals surface area (Å²) >= 11 is 0. The number of carbonyl (C=O) groups is 2. The first-order chi connectivity index (χ1) is 21.3. The standard InChI is InChI=1S/C34H32F2N4O5/c1-17-12-19(6-7-22(17)35)15-38-32(41)24-14-25-28(21-13-23(36)30-27-20(9-11-44-30)8-10-37-29(21)27)26(18(2)16-40(25)39-24)31(33(42)43)45-34(3,4)5/h6-8,10,12-14,16,31H,9,11,15H2,1-5H3,(H,38,41)(H,42,43)/t31-/m0/s1. The Labute approximate surface area is 257 Å². The molecule has 4 heterocycles. The van der Waals surface area contributed by atoms with E-state index in [2.05, 4.69) is 15.4 Å². The highest BCUT2D eigenvalue weighted by molar-refractivity contribution is 6.05. The average molecular weight is 615 g/mol. The molecule has 2 aromatic carbocycles. The van der Waals surface area contributed by atoms with Gasteiger partial charge in [0.1, 0.15) is 5.82 Å². The Kier molecular flexibility index (Phi) is 7.52. The van der Waals surface area contributed by atoms with Gasteiger partial charge in [0, 0.05) is 47.4 Å². The number of carbonyl (C=O) groups excluding carboxylic acids is 1. The maximum absolute atomic E-state index is 15.8. The third-order valence-electron chi connectivity index (χ3n) is 7.76. The molecule has 232 valence electrons. The molecular formula is C34H32F2N4O5. The minimum Gasteiger partial charge on any atom is -0.489 e. The number of hydrogen-bond acceptors (Lipinski definition) is 6. The summed E-state index contributed by atoms with van der Waals surface area (Å²) in [7, 11) is 0. The average Bonchev–Trinajstić information content (AvgIpc) is 3.41. The fourth-order valence-electron chi connectivity index (χ4n) is 5.82. The summed E-state index contributed by atoms with van der Waals surface area (Å²) in [5.41, 5.74) is 3.46. The van der Waals surface area contributed by atoms with Crippen molar-refractivity contribution in [2.24, 2.45) is 0 Å². The predicted octanol–water partition coefficient (Wildman–Crippen LogP) is 6.25. The summed E-state index contributed by atoms with van der Waals surface area (Å²) in [6.07, 6.45) is 2.37. The number of pyridine rings is 2. The minimum atomic E-state index is -1.44. The summed E-state index contributed by atoms with van der Waals surface area (Å²) in [6.45, 7) is 9.07. The van der Waals surface area contributed by atoms with Crippen molar-refractivity contribution in [1.29, 1.82) is 0 Å². The number of amides is 1. The highest BCUT2D eigenvalue weighted by Crippen LogP contribution is 2.45. The van der Waals surface area contributed by atoms with Gasteiger partial charge in [-0.05, 0) is 81.1 Å². The molecule has 0 saturated heterocycles. The Morgan fingerprint density at radius 3 is 2.60 bits per heavy atom. The van der Waals surface area contributed by atoms with Crippen LogP contribution in [0.4, 0.5) is 8.78 Å². The van der Waals surface area contributed by atoms with Crippen LogP contribution in [0.3, 0.4) is 0 Å². The van der Waals surface area contributed by atoms with Crippen LogP contribution in [0.1, 0.15) is 65.2 Å². The molecule has 0 aliphatic carbocycles. The smallest absolute Gasteiger partial charge is 0.337 e. The van der Waals surface area contributed by atoms with Gasteiger partial charge in [-0.2, -0.15) is 5.10 Å². The number of rotatable bonds is 7. The van der Waals surface area contributed by atoms with E-state index in [-0.39, 0.29) is 29.4 Å². The maximum Gasteiger partial charge on any atom is 0.337 e. The molecule has 9 nitrogen and oxygen atoms in total. The number of aromatic nitrogens is 3. The van der Waals surface area contributed by atoms with Crippen LogP contribution in [0.2, 0.25) is 0 Å². The van der Waals surface area contributed by atoms with E-state index in [9.17, 15) is 19.1 Å². The molecule has 0 spiro atoms. The van der Waals surface area contributed by atoms with Crippen LogP contribution in [0.15, 0.2) is 48.8 Å². The van der Waals surface area contributed by atoms with Crippen LogP contribution >= 0.6 is 0 Å². The quantitative estimate of drug-likeness (QED) is 0.223. The van der Waals surface area contributed by atoms with E-state index < -0.39 is 29.4 Å². The first kappa shape index (κ1) is 30.1. The van der Waals surface area contributed by atoms with Crippen LogP contribution in [0.25, 0.3) is 27.5 Å². The lowest BCUT2D eigenvalue weighted by Gasteiger charge is -2.28. The molecule has 6 rings (SSSR count). The zero-order chi connectivity index (χ0) is 32.2. The van der Waals surface area contributed by atoms with E-state index in [0.29, 0.717) is 57.3 Å². The topological polar surface area (TPSA) is 115 Å². The Morgan fingerprint density at radius 1 is 1.11 bits per heavy atom. The third-order valence-corrected chi connectivity index (χ3v) is 7.76. The van der Waals surface area contributed by atoms with Gasteiger partial charge < -0.3 is 19.9 Å². The van der Waals surface area contributed by atoms with Crippen molar-refractivity contribution in [3.8, 4) is 16.9 Å². The van der Waals surface area contributed by atoms with Gasteiger partial charge in [0.15, 0.2) is 23.4 Å². The molecular weight excluding hydrogens is 582 g/mol. The van der Waals surface area contributed by atoms with Crippen molar-refractivity contribution in [3.05, 3.63) is 93.9 Å². The Bertz CT molecular complexity index is 2010. The van der Waals surface area contributed by atoms with Crippen LogP contribution in [0.5, 0.6) is 5.75 Å². The van der Waals surface area contributed by atoms with Crippen molar-refractivity contribution in [2.45, 2.75) is 59.3 Å². The second-order valence-electron chi connectivity index (χ2n) is 12.2. The van der Waals surface area contributed by atoms with Crippen molar-refractivity contribution in [2.75, 3.05) is 6.61 Å². The molecule has 0 radical (unpaired) electrons. The molecule has 2 N–H and O–H groups in total. The number of aryl methyl sites for hydroxylation is 2. The number of halogens is 2. The van der Waals surface area contributed by atoms with Crippen molar-refractivity contribution in [1.82, 2.24) is 19.9 Å².